The molecule has 0 aliphatic rings. The zero-order chi connectivity index (χ0) is 14.8. The van der Waals surface area contributed by atoms with Crippen LogP contribution in [-0.2, 0) is 5.41 Å². The summed E-state index contributed by atoms with van der Waals surface area (Å²) in [6.45, 7) is 6.20. The summed E-state index contributed by atoms with van der Waals surface area (Å²) in [5, 5.41) is 12.7. The molecular formula is C16H18N2O2. The summed E-state index contributed by atoms with van der Waals surface area (Å²) in [6, 6.07) is 8.55. The number of aromatic nitrogens is 1. The van der Waals surface area contributed by atoms with E-state index in [1.807, 2.05) is 6.07 Å². The summed E-state index contributed by atoms with van der Waals surface area (Å²) in [4.78, 5) is 15.9. The molecule has 2 aromatic rings. The van der Waals surface area contributed by atoms with E-state index in [1.54, 1.807) is 36.7 Å². The standard InChI is InChI=1S/C16H18N2O2/c1-16(2,3)12-4-5-13(14(19)10-12)18-15(20)11-6-8-17-9-7-11/h4-10,19H,1-3H3,(H,18,20). The number of benzene rings is 1. The highest BCUT2D eigenvalue weighted by Gasteiger charge is 2.16. The van der Waals surface area contributed by atoms with E-state index < -0.39 is 0 Å². The number of amides is 1. The van der Waals surface area contributed by atoms with E-state index in [0.717, 1.165) is 5.56 Å². The van der Waals surface area contributed by atoms with Crippen LogP contribution in [0.25, 0.3) is 0 Å². The number of anilines is 1. The lowest BCUT2D eigenvalue weighted by atomic mass is 9.87. The van der Waals surface area contributed by atoms with Crippen molar-refractivity contribution in [3.63, 3.8) is 0 Å². The minimum Gasteiger partial charge on any atom is -0.506 e. The fourth-order valence-corrected chi connectivity index (χ4v) is 1.80. The lowest BCUT2D eigenvalue weighted by molar-refractivity contribution is 0.102. The lowest BCUT2D eigenvalue weighted by Gasteiger charge is -2.20. The molecule has 1 aromatic heterocycles. The van der Waals surface area contributed by atoms with Gasteiger partial charge in [-0.1, -0.05) is 26.8 Å². The van der Waals surface area contributed by atoms with E-state index in [4.69, 9.17) is 0 Å². The van der Waals surface area contributed by atoms with Crippen molar-refractivity contribution in [3.8, 4) is 5.75 Å². The van der Waals surface area contributed by atoms with Crippen molar-refractivity contribution in [2.45, 2.75) is 26.2 Å². The van der Waals surface area contributed by atoms with E-state index in [-0.39, 0.29) is 17.1 Å². The minimum atomic E-state index is -0.272. The molecule has 4 heteroatoms. The number of nitrogens with one attached hydrogen (secondary N) is 1. The van der Waals surface area contributed by atoms with Crippen LogP contribution in [0.4, 0.5) is 5.69 Å². The number of phenolic OH excluding ortho intramolecular Hbond substituents is 1. The smallest absolute Gasteiger partial charge is 0.255 e. The molecule has 2 N–H and O–H groups in total. The zero-order valence-electron chi connectivity index (χ0n) is 11.8. The molecule has 0 aliphatic heterocycles. The molecule has 0 saturated heterocycles. The molecule has 0 spiro atoms. The largest absolute Gasteiger partial charge is 0.506 e. The highest BCUT2D eigenvalue weighted by Crippen LogP contribution is 2.30. The minimum absolute atomic E-state index is 0.0505. The first-order valence-corrected chi connectivity index (χ1v) is 6.43. The van der Waals surface area contributed by atoms with Crippen LogP contribution in [0, 0.1) is 0 Å². The van der Waals surface area contributed by atoms with Gasteiger partial charge in [0.2, 0.25) is 0 Å². The SMILES string of the molecule is CC(C)(C)c1ccc(NC(=O)c2ccncc2)c(O)c1. The van der Waals surface area contributed by atoms with Crippen LogP contribution < -0.4 is 5.32 Å². The monoisotopic (exact) mass is 270 g/mol. The third-order valence-corrected chi connectivity index (χ3v) is 3.05. The maximum Gasteiger partial charge on any atom is 0.255 e. The van der Waals surface area contributed by atoms with Crippen molar-refractivity contribution >= 4 is 11.6 Å². The predicted molar refractivity (Wildman–Crippen MR) is 79.0 cm³/mol. The van der Waals surface area contributed by atoms with Crippen molar-refractivity contribution in [1.29, 1.82) is 0 Å². The Hall–Kier alpha value is -2.36. The van der Waals surface area contributed by atoms with Gasteiger partial charge in [0.15, 0.2) is 0 Å². The topological polar surface area (TPSA) is 62.2 Å². The van der Waals surface area contributed by atoms with Crippen molar-refractivity contribution in [3.05, 3.63) is 53.9 Å². The van der Waals surface area contributed by atoms with Gasteiger partial charge in [-0.2, -0.15) is 0 Å². The number of carbonyl (C=O) groups is 1. The Morgan fingerprint density at radius 2 is 1.80 bits per heavy atom. The second-order valence-electron chi connectivity index (χ2n) is 5.67. The molecule has 104 valence electrons. The molecule has 2 rings (SSSR count). The molecule has 0 atom stereocenters. The van der Waals surface area contributed by atoms with Crippen molar-refractivity contribution in [2.24, 2.45) is 0 Å². The molecule has 1 heterocycles. The van der Waals surface area contributed by atoms with E-state index >= 15 is 0 Å². The van der Waals surface area contributed by atoms with Gasteiger partial charge in [-0.3, -0.25) is 9.78 Å². The number of nitrogens with zero attached hydrogens (tertiary/aromatic N) is 1. The van der Waals surface area contributed by atoms with Crippen LogP contribution >= 0.6 is 0 Å². The third-order valence-electron chi connectivity index (χ3n) is 3.05. The van der Waals surface area contributed by atoms with Crippen LogP contribution in [0.1, 0.15) is 36.7 Å². The summed E-state index contributed by atoms with van der Waals surface area (Å²) >= 11 is 0. The number of phenols is 1. The molecule has 0 saturated carbocycles. The van der Waals surface area contributed by atoms with E-state index in [9.17, 15) is 9.90 Å². The van der Waals surface area contributed by atoms with Gasteiger partial charge in [-0.25, -0.2) is 0 Å². The van der Waals surface area contributed by atoms with Gasteiger partial charge >= 0.3 is 0 Å². The average Bonchev–Trinajstić information content (AvgIpc) is 2.41. The number of aromatic hydroxyl groups is 1. The Morgan fingerprint density at radius 3 is 2.35 bits per heavy atom. The third kappa shape index (κ3) is 3.15. The average molecular weight is 270 g/mol. The first kappa shape index (κ1) is 14.1. The molecule has 4 nitrogen and oxygen atoms in total. The highest BCUT2D eigenvalue weighted by molar-refractivity contribution is 6.04. The van der Waals surface area contributed by atoms with E-state index in [0.29, 0.717) is 11.3 Å². The number of carbonyl (C=O) groups excluding carboxylic acids is 1. The summed E-state index contributed by atoms with van der Waals surface area (Å²) in [5.41, 5.74) is 1.86. The number of hydrogen-bond acceptors (Lipinski definition) is 3. The molecule has 0 aliphatic carbocycles. The Kier molecular flexibility index (Phi) is 3.74. The quantitative estimate of drug-likeness (QED) is 0.823. The number of rotatable bonds is 2. The fourth-order valence-electron chi connectivity index (χ4n) is 1.80. The molecule has 0 bridgehead atoms. The van der Waals surface area contributed by atoms with Crippen molar-refractivity contribution < 1.29 is 9.90 Å². The summed E-state index contributed by atoms with van der Waals surface area (Å²) in [6.07, 6.45) is 3.11. The van der Waals surface area contributed by atoms with Crippen molar-refractivity contribution in [2.75, 3.05) is 5.32 Å². The maximum atomic E-state index is 12.0. The Bertz CT molecular complexity index is 616. The maximum absolute atomic E-state index is 12.0. The Morgan fingerprint density at radius 1 is 1.15 bits per heavy atom. The highest BCUT2D eigenvalue weighted by atomic mass is 16.3. The summed E-state index contributed by atoms with van der Waals surface area (Å²) < 4.78 is 0. The zero-order valence-corrected chi connectivity index (χ0v) is 11.8. The first-order valence-electron chi connectivity index (χ1n) is 6.43. The van der Waals surface area contributed by atoms with Gasteiger partial charge < -0.3 is 10.4 Å². The van der Waals surface area contributed by atoms with Gasteiger partial charge in [0.1, 0.15) is 5.75 Å². The molecule has 0 fully saturated rings. The number of pyridine rings is 1. The molecular weight excluding hydrogens is 252 g/mol. The Balaban J connectivity index is 2.21. The van der Waals surface area contributed by atoms with E-state index in [2.05, 4.69) is 31.1 Å². The molecule has 1 amide bonds. The van der Waals surface area contributed by atoms with Crippen molar-refractivity contribution in [1.82, 2.24) is 4.98 Å². The first-order chi connectivity index (χ1) is 9.38. The second-order valence-corrected chi connectivity index (χ2v) is 5.67. The summed E-state index contributed by atoms with van der Waals surface area (Å²) in [7, 11) is 0. The normalized spacial score (nSPS) is 11.2. The van der Waals surface area contributed by atoms with Gasteiger partial charge in [0, 0.05) is 18.0 Å². The summed E-state index contributed by atoms with van der Waals surface area (Å²) in [5.74, 6) is -0.203. The Labute approximate surface area is 118 Å². The van der Waals surface area contributed by atoms with Crippen LogP contribution in [0.3, 0.4) is 0 Å². The predicted octanol–water partition coefficient (Wildman–Crippen LogP) is 3.34. The second kappa shape index (κ2) is 5.33. The van der Waals surface area contributed by atoms with Crippen LogP contribution in [-0.4, -0.2) is 16.0 Å². The van der Waals surface area contributed by atoms with Crippen LogP contribution in [0.2, 0.25) is 0 Å². The molecule has 0 radical (unpaired) electrons. The van der Waals surface area contributed by atoms with Gasteiger partial charge in [-0.05, 0) is 35.2 Å². The molecule has 20 heavy (non-hydrogen) atoms. The van der Waals surface area contributed by atoms with Gasteiger partial charge in [0.05, 0.1) is 5.69 Å². The van der Waals surface area contributed by atoms with E-state index in [1.165, 1.54) is 0 Å². The molecule has 1 aromatic carbocycles. The van der Waals surface area contributed by atoms with Crippen LogP contribution in [0.5, 0.6) is 5.75 Å². The van der Waals surface area contributed by atoms with Gasteiger partial charge in [-0.15, -0.1) is 0 Å². The van der Waals surface area contributed by atoms with Gasteiger partial charge in [0.25, 0.3) is 5.91 Å². The number of hydrogen-bond donors (Lipinski definition) is 2. The fraction of sp³-hybridized carbons (Fsp3) is 0.250. The van der Waals surface area contributed by atoms with Crippen LogP contribution in [0.15, 0.2) is 42.7 Å². The lowest BCUT2D eigenvalue weighted by Crippen LogP contribution is -2.14. The molecule has 0 unspecified atom stereocenters.